The summed E-state index contributed by atoms with van der Waals surface area (Å²) in [6.07, 6.45) is 0.194. The van der Waals surface area contributed by atoms with E-state index in [0.717, 1.165) is 13.1 Å². The molecule has 0 aromatic heterocycles. The zero-order valence-corrected chi connectivity index (χ0v) is 11.0. The van der Waals surface area contributed by atoms with Gasteiger partial charge in [0.15, 0.2) is 6.10 Å². The summed E-state index contributed by atoms with van der Waals surface area (Å²) in [7, 11) is 0. The van der Waals surface area contributed by atoms with E-state index in [0.29, 0.717) is 19.4 Å². The number of carbonyl (C=O) groups excluding carboxylic acids is 1. The minimum Gasteiger partial charge on any atom is -0.479 e. The second-order valence-electron chi connectivity index (χ2n) is 5.31. The molecule has 3 N–H and O–H groups in total. The Kier molecular flexibility index (Phi) is 4.38. The van der Waals surface area contributed by atoms with Crippen LogP contribution >= 0.6 is 0 Å². The first kappa shape index (κ1) is 14.2. The Hall–Kier alpha value is -1.18. The van der Waals surface area contributed by atoms with Gasteiger partial charge in [0.05, 0.1) is 11.7 Å². The summed E-state index contributed by atoms with van der Waals surface area (Å²) in [6.45, 7) is 3.82. The molecule has 2 heterocycles. The quantitative estimate of drug-likeness (QED) is 0.580. The number of nitrogens with one attached hydrogen (secondary N) is 2. The van der Waals surface area contributed by atoms with Gasteiger partial charge >= 0.3 is 5.97 Å². The van der Waals surface area contributed by atoms with Crippen molar-refractivity contribution < 1.29 is 24.2 Å². The van der Waals surface area contributed by atoms with E-state index in [4.69, 9.17) is 14.6 Å². The van der Waals surface area contributed by atoms with E-state index in [1.54, 1.807) is 0 Å². The standard InChI is InChI=1S/C12H20N2O5/c1-12(6-13-7-12)18-5-10(15)14-4-8-2-3-9(19-8)11(16)17/h8-9,13H,2-7H2,1H3,(H,14,15)(H,16,17). The smallest absolute Gasteiger partial charge is 0.332 e. The summed E-state index contributed by atoms with van der Waals surface area (Å²) >= 11 is 0. The molecule has 19 heavy (non-hydrogen) atoms. The number of aliphatic carboxylic acids is 1. The normalized spacial score (nSPS) is 28.7. The molecule has 2 aliphatic rings. The predicted octanol–water partition coefficient (Wildman–Crippen LogP) is -0.887. The molecule has 2 aliphatic heterocycles. The van der Waals surface area contributed by atoms with Crippen LogP contribution in [0.25, 0.3) is 0 Å². The molecule has 0 saturated carbocycles. The van der Waals surface area contributed by atoms with Crippen molar-refractivity contribution in [2.75, 3.05) is 26.2 Å². The zero-order chi connectivity index (χ0) is 13.9. The fourth-order valence-corrected chi connectivity index (χ4v) is 2.14. The fraction of sp³-hybridized carbons (Fsp3) is 0.833. The SMILES string of the molecule is CC1(OCC(=O)NCC2CCC(C(=O)O)O2)CNC1. The van der Waals surface area contributed by atoms with Gasteiger partial charge in [0, 0.05) is 19.6 Å². The van der Waals surface area contributed by atoms with Crippen LogP contribution in [-0.2, 0) is 19.1 Å². The maximum atomic E-state index is 11.6. The van der Waals surface area contributed by atoms with Gasteiger partial charge in [-0.25, -0.2) is 4.79 Å². The molecular formula is C12H20N2O5. The minimum absolute atomic E-state index is 0.0211. The molecular weight excluding hydrogens is 252 g/mol. The van der Waals surface area contributed by atoms with Crippen LogP contribution in [0.5, 0.6) is 0 Å². The molecule has 108 valence electrons. The maximum absolute atomic E-state index is 11.6. The third kappa shape index (κ3) is 3.89. The van der Waals surface area contributed by atoms with E-state index in [1.807, 2.05) is 6.92 Å². The van der Waals surface area contributed by atoms with E-state index in [9.17, 15) is 9.59 Å². The number of amides is 1. The Balaban J connectivity index is 1.60. The van der Waals surface area contributed by atoms with Gasteiger partial charge in [0.1, 0.15) is 6.61 Å². The van der Waals surface area contributed by atoms with Crippen molar-refractivity contribution in [2.24, 2.45) is 0 Å². The highest BCUT2D eigenvalue weighted by molar-refractivity contribution is 5.77. The van der Waals surface area contributed by atoms with Crippen LogP contribution < -0.4 is 10.6 Å². The van der Waals surface area contributed by atoms with Gasteiger partial charge in [-0.1, -0.05) is 0 Å². The lowest BCUT2D eigenvalue weighted by Gasteiger charge is -2.38. The Morgan fingerprint density at radius 3 is 2.74 bits per heavy atom. The Morgan fingerprint density at radius 2 is 2.21 bits per heavy atom. The lowest BCUT2D eigenvalue weighted by molar-refractivity contribution is -0.149. The first-order chi connectivity index (χ1) is 8.98. The van der Waals surface area contributed by atoms with Crippen LogP contribution in [0.1, 0.15) is 19.8 Å². The first-order valence-electron chi connectivity index (χ1n) is 6.48. The molecule has 0 spiro atoms. The Bertz CT molecular complexity index is 356. The Labute approximate surface area is 111 Å². The van der Waals surface area contributed by atoms with Crippen LogP contribution in [-0.4, -0.2) is 61.0 Å². The second kappa shape index (κ2) is 5.85. The number of carboxylic acid groups (broad SMARTS) is 1. The second-order valence-corrected chi connectivity index (χ2v) is 5.31. The summed E-state index contributed by atoms with van der Waals surface area (Å²) in [5.74, 6) is -1.14. The van der Waals surface area contributed by atoms with Crippen LogP contribution in [0.2, 0.25) is 0 Å². The van der Waals surface area contributed by atoms with E-state index < -0.39 is 12.1 Å². The van der Waals surface area contributed by atoms with Crippen molar-refractivity contribution in [1.82, 2.24) is 10.6 Å². The summed E-state index contributed by atoms with van der Waals surface area (Å²) in [6, 6.07) is 0. The van der Waals surface area contributed by atoms with E-state index >= 15 is 0 Å². The average Bonchev–Trinajstić information content (AvgIpc) is 2.80. The van der Waals surface area contributed by atoms with Crippen LogP contribution in [0.15, 0.2) is 0 Å². The first-order valence-corrected chi connectivity index (χ1v) is 6.48. The predicted molar refractivity (Wildman–Crippen MR) is 65.8 cm³/mol. The molecule has 0 aromatic carbocycles. The Morgan fingerprint density at radius 1 is 1.47 bits per heavy atom. The average molecular weight is 272 g/mol. The molecule has 0 aromatic rings. The molecule has 2 atom stereocenters. The number of carboxylic acids is 1. The third-order valence-corrected chi connectivity index (χ3v) is 3.46. The van der Waals surface area contributed by atoms with Crippen molar-refractivity contribution >= 4 is 11.9 Å². The number of hydrogen-bond acceptors (Lipinski definition) is 5. The molecule has 2 unspecified atom stereocenters. The monoisotopic (exact) mass is 272 g/mol. The van der Waals surface area contributed by atoms with E-state index in [-0.39, 0.29) is 24.2 Å². The molecule has 1 amide bonds. The molecule has 2 saturated heterocycles. The minimum atomic E-state index is -0.942. The maximum Gasteiger partial charge on any atom is 0.332 e. The molecule has 0 bridgehead atoms. The van der Waals surface area contributed by atoms with Crippen molar-refractivity contribution in [3.8, 4) is 0 Å². The topological polar surface area (TPSA) is 96.9 Å². The van der Waals surface area contributed by atoms with Crippen molar-refractivity contribution in [3.63, 3.8) is 0 Å². The van der Waals surface area contributed by atoms with Gasteiger partial charge in [-0.2, -0.15) is 0 Å². The number of hydrogen-bond donors (Lipinski definition) is 3. The zero-order valence-electron chi connectivity index (χ0n) is 11.0. The largest absolute Gasteiger partial charge is 0.479 e. The van der Waals surface area contributed by atoms with Crippen LogP contribution in [0.4, 0.5) is 0 Å². The lowest BCUT2D eigenvalue weighted by Crippen LogP contribution is -2.59. The highest BCUT2D eigenvalue weighted by atomic mass is 16.5. The van der Waals surface area contributed by atoms with Gasteiger partial charge in [-0.3, -0.25) is 4.79 Å². The molecule has 7 nitrogen and oxygen atoms in total. The van der Waals surface area contributed by atoms with Crippen molar-refractivity contribution in [2.45, 2.75) is 37.6 Å². The van der Waals surface area contributed by atoms with E-state index in [2.05, 4.69) is 10.6 Å². The fourth-order valence-electron chi connectivity index (χ4n) is 2.14. The molecule has 0 radical (unpaired) electrons. The summed E-state index contributed by atoms with van der Waals surface area (Å²) in [5.41, 5.74) is -0.240. The molecule has 2 rings (SSSR count). The number of carbonyl (C=O) groups is 2. The van der Waals surface area contributed by atoms with Gasteiger partial charge < -0.3 is 25.2 Å². The molecule has 2 fully saturated rings. The van der Waals surface area contributed by atoms with Gasteiger partial charge in [0.25, 0.3) is 0 Å². The molecule has 7 heteroatoms. The summed E-state index contributed by atoms with van der Waals surface area (Å²) in [4.78, 5) is 22.3. The molecule has 0 aliphatic carbocycles. The summed E-state index contributed by atoms with van der Waals surface area (Å²) < 4.78 is 10.8. The third-order valence-electron chi connectivity index (χ3n) is 3.46. The van der Waals surface area contributed by atoms with E-state index in [1.165, 1.54) is 0 Å². The lowest BCUT2D eigenvalue weighted by atomic mass is 10.0. The van der Waals surface area contributed by atoms with Gasteiger partial charge in [-0.15, -0.1) is 0 Å². The van der Waals surface area contributed by atoms with Crippen molar-refractivity contribution in [1.29, 1.82) is 0 Å². The van der Waals surface area contributed by atoms with Gasteiger partial charge in [-0.05, 0) is 19.8 Å². The number of ether oxygens (including phenoxy) is 2. The highest BCUT2D eigenvalue weighted by Gasteiger charge is 2.33. The van der Waals surface area contributed by atoms with Crippen LogP contribution in [0.3, 0.4) is 0 Å². The van der Waals surface area contributed by atoms with Gasteiger partial charge in [0.2, 0.25) is 5.91 Å². The van der Waals surface area contributed by atoms with Crippen LogP contribution in [0, 0.1) is 0 Å². The van der Waals surface area contributed by atoms with Crippen molar-refractivity contribution in [3.05, 3.63) is 0 Å². The highest BCUT2D eigenvalue weighted by Crippen LogP contribution is 2.19. The number of rotatable bonds is 6. The summed E-state index contributed by atoms with van der Waals surface area (Å²) in [5, 5.41) is 14.6.